The van der Waals surface area contributed by atoms with Crippen LogP contribution in [0.4, 0.5) is 0 Å². The summed E-state index contributed by atoms with van der Waals surface area (Å²) < 4.78 is 12.1. The van der Waals surface area contributed by atoms with Crippen molar-refractivity contribution in [3.63, 3.8) is 0 Å². The van der Waals surface area contributed by atoms with Gasteiger partial charge in [-0.05, 0) is 53.1 Å². The van der Waals surface area contributed by atoms with Gasteiger partial charge in [0.05, 0.1) is 17.7 Å². The summed E-state index contributed by atoms with van der Waals surface area (Å²) in [5, 5.41) is 3.44. The normalized spacial score (nSPS) is 24.6. The Hall–Kier alpha value is -1.06. The monoisotopic (exact) mass is 277 g/mol. The van der Waals surface area contributed by atoms with E-state index in [4.69, 9.17) is 9.47 Å². The highest BCUT2D eigenvalue weighted by atomic mass is 16.5. The average molecular weight is 277 g/mol. The van der Waals surface area contributed by atoms with E-state index in [0.717, 1.165) is 25.2 Å². The van der Waals surface area contributed by atoms with Gasteiger partial charge in [0, 0.05) is 12.2 Å². The van der Waals surface area contributed by atoms with Crippen molar-refractivity contribution in [2.24, 2.45) is 0 Å². The molecule has 3 nitrogen and oxygen atoms in total. The average Bonchev–Trinajstić information content (AvgIpc) is 2.41. The largest absolute Gasteiger partial charge is 0.491 e. The van der Waals surface area contributed by atoms with E-state index >= 15 is 0 Å². The minimum atomic E-state index is -0.163. The van der Waals surface area contributed by atoms with Crippen molar-refractivity contribution >= 4 is 0 Å². The standard InChI is InChI=1S/C17H27NO2/c1-13(2)20-15-10-6-5-9-14(15)16(18-4)17(3)11-7-8-12-19-17/h5-6,9-10,13,16,18H,7-8,11-12H2,1-4H3. The lowest BCUT2D eigenvalue weighted by molar-refractivity contribution is -0.0889. The Morgan fingerprint density at radius 1 is 1.25 bits per heavy atom. The maximum absolute atomic E-state index is 6.11. The zero-order valence-corrected chi connectivity index (χ0v) is 13.1. The van der Waals surface area contributed by atoms with Crippen LogP contribution in [0.2, 0.25) is 0 Å². The van der Waals surface area contributed by atoms with Crippen LogP contribution in [0.1, 0.15) is 51.6 Å². The Labute approximate surface area is 122 Å². The van der Waals surface area contributed by atoms with E-state index in [1.165, 1.54) is 12.0 Å². The highest BCUT2D eigenvalue weighted by molar-refractivity contribution is 5.37. The highest BCUT2D eigenvalue weighted by Crippen LogP contribution is 2.39. The van der Waals surface area contributed by atoms with Crippen LogP contribution in [-0.4, -0.2) is 25.4 Å². The van der Waals surface area contributed by atoms with E-state index in [1.54, 1.807) is 0 Å². The van der Waals surface area contributed by atoms with Crippen molar-refractivity contribution in [2.45, 2.75) is 57.8 Å². The van der Waals surface area contributed by atoms with E-state index in [1.807, 2.05) is 19.2 Å². The minimum absolute atomic E-state index is 0.151. The van der Waals surface area contributed by atoms with Crippen LogP contribution >= 0.6 is 0 Å². The first-order valence-electron chi connectivity index (χ1n) is 7.63. The number of hydrogen-bond acceptors (Lipinski definition) is 3. The molecule has 1 heterocycles. The fraction of sp³-hybridized carbons (Fsp3) is 0.647. The number of likely N-dealkylation sites (N-methyl/N-ethyl adjacent to an activating group) is 1. The van der Waals surface area contributed by atoms with E-state index in [9.17, 15) is 0 Å². The molecule has 20 heavy (non-hydrogen) atoms. The molecule has 1 fully saturated rings. The third-order valence-corrected chi connectivity index (χ3v) is 3.99. The summed E-state index contributed by atoms with van der Waals surface area (Å²) in [5.74, 6) is 0.956. The lowest BCUT2D eigenvalue weighted by atomic mass is 9.84. The summed E-state index contributed by atoms with van der Waals surface area (Å²) in [5.41, 5.74) is 1.02. The Morgan fingerprint density at radius 2 is 2.00 bits per heavy atom. The summed E-state index contributed by atoms with van der Waals surface area (Å²) in [4.78, 5) is 0. The van der Waals surface area contributed by atoms with E-state index in [0.29, 0.717) is 0 Å². The highest BCUT2D eigenvalue weighted by Gasteiger charge is 2.38. The third kappa shape index (κ3) is 3.33. The summed E-state index contributed by atoms with van der Waals surface area (Å²) in [6.07, 6.45) is 3.64. The van der Waals surface area contributed by atoms with Gasteiger partial charge >= 0.3 is 0 Å². The van der Waals surface area contributed by atoms with Crippen LogP contribution in [0.25, 0.3) is 0 Å². The first-order valence-corrected chi connectivity index (χ1v) is 7.63. The fourth-order valence-electron chi connectivity index (χ4n) is 3.05. The predicted octanol–water partition coefficient (Wildman–Crippen LogP) is 3.69. The van der Waals surface area contributed by atoms with Gasteiger partial charge in [-0.25, -0.2) is 0 Å². The molecule has 0 spiro atoms. The van der Waals surface area contributed by atoms with Crippen molar-refractivity contribution < 1.29 is 9.47 Å². The van der Waals surface area contributed by atoms with Gasteiger partial charge in [0.2, 0.25) is 0 Å². The number of hydrogen-bond donors (Lipinski definition) is 1. The van der Waals surface area contributed by atoms with Crippen molar-refractivity contribution in [1.29, 1.82) is 0 Å². The SMILES string of the molecule is CNC(c1ccccc1OC(C)C)C1(C)CCCCO1. The number of para-hydroxylation sites is 1. The van der Waals surface area contributed by atoms with Crippen LogP contribution < -0.4 is 10.1 Å². The Morgan fingerprint density at radius 3 is 2.60 bits per heavy atom. The molecule has 1 aliphatic rings. The van der Waals surface area contributed by atoms with Gasteiger partial charge in [-0.1, -0.05) is 18.2 Å². The number of nitrogens with one attached hydrogen (secondary N) is 1. The Bertz CT molecular complexity index is 425. The Kier molecular flexibility index (Phi) is 5.06. The van der Waals surface area contributed by atoms with Gasteiger partial charge in [0.25, 0.3) is 0 Å². The molecule has 0 amide bonds. The van der Waals surface area contributed by atoms with E-state index in [2.05, 4.69) is 38.2 Å². The smallest absolute Gasteiger partial charge is 0.124 e. The minimum Gasteiger partial charge on any atom is -0.491 e. The van der Waals surface area contributed by atoms with Crippen LogP contribution in [0.15, 0.2) is 24.3 Å². The molecule has 1 aromatic carbocycles. The van der Waals surface area contributed by atoms with Gasteiger partial charge < -0.3 is 14.8 Å². The topological polar surface area (TPSA) is 30.5 Å². The summed E-state index contributed by atoms with van der Waals surface area (Å²) in [7, 11) is 2.00. The molecule has 1 aliphatic heterocycles. The Balaban J connectivity index is 2.31. The van der Waals surface area contributed by atoms with Gasteiger partial charge in [0.15, 0.2) is 0 Å². The lowest BCUT2D eigenvalue weighted by Crippen LogP contribution is -2.45. The second-order valence-corrected chi connectivity index (χ2v) is 6.04. The zero-order valence-electron chi connectivity index (χ0n) is 13.1. The van der Waals surface area contributed by atoms with Crippen molar-refractivity contribution in [1.82, 2.24) is 5.32 Å². The molecule has 0 saturated carbocycles. The molecule has 1 aromatic rings. The maximum Gasteiger partial charge on any atom is 0.124 e. The molecule has 0 bridgehead atoms. The van der Waals surface area contributed by atoms with Crippen LogP contribution in [0, 0.1) is 0 Å². The molecule has 2 unspecified atom stereocenters. The second kappa shape index (κ2) is 6.59. The maximum atomic E-state index is 6.11. The predicted molar refractivity (Wildman–Crippen MR) is 82.2 cm³/mol. The van der Waals surface area contributed by atoms with Crippen LogP contribution in [0.3, 0.4) is 0 Å². The van der Waals surface area contributed by atoms with Crippen molar-refractivity contribution in [3.8, 4) is 5.75 Å². The molecule has 1 N–H and O–H groups in total. The summed E-state index contributed by atoms with van der Waals surface area (Å²) in [6.45, 7) is 7.18. The summed E-state index contributed by atoms with van der Waals surface area (Å²) in [6, 6.07) is 8.43. The number of rotatable bonds is 5. The van der Waals surface area contributed by atoms with Gasteiger partial charge in [-0.15, -0.1) is 0 Å². The second-order valence-electron chi connectivity index (χ2n) is 6.04. The first kappa shape index (κ1) is 15.3. The molecule has 2 rings (SSSR count). The molecule has 0 aromatic heterocycles. The quantitative estimate of drug-likeness (QED) is 0.890. The van der Waals surface area contributed by atoms with E-state index < -0.39 is 0 Å². The van der Waals surface area contributed by atoms with Gasteiger partial charge in [0.1, 0.15) is 5.75 Å². The molecule has 3 heteroatoms. The van der Waals surface area contributed by atoms with Crippen LogP contribution in [0.5, 0.6) is 5.75 Å². The molecule has 112 valence electrons. The van der Waals surface area contributed by atoms with Crippen molar-refractivity contribution in [3.05, 3.63) is 29.8 Å². The third-order valence-electron chi connectivity index (χ3n) is 3.99. The fourth-order valence-corrected chi connectivity index (χ4v) is 3.05. The summed E-state index contributed by atoms with van der Waals surface area (Å²) >= 11 is 0. The molecular weight excluding hydrogens is 250 g/mol. The van der Waals surface area contributed by atoms with Crippen molar-refractivity contribution in [2.75, 3.05) is 13.7 Å². The molecular formula is C17H27NO2. The van der Waals surface area contributed by atoms with Gasteiger partial charge in [-0.2, -0.15) is 0 Å². The molecule has 2 atom stereocenters. The van der Waals surface area contributed by atoms with Crippen LogP contribution in [-0.2, 0) is 4.74 Å². The molecule has 1 saturated heterocycles. The zero-order chi connectivity index (χ0) is 14.6. The number of benzene rings is 1. The molecule has 0 aliphatic carbocycles. The lowest BCUT2D eigenvalue weighted by Gasteiger charge is -2.41. The molecule has 0 radical (unpaired) electrons. The number of ether oxygens (including phenoxy) is 2. The van der Waals surface area contributed by atoms with E-state index in [-0.39, 0.29) is 17.7 Å². The first-order chi connectivity index (χ1) is 9.57. The van der Waals surface area contributed by atoms with Gasteiger partial charge in [-0.3, -0.25) is 0 Å².